The minimum atomic E-state index is -1.49. The average Bonchev–Trinajstić information content (AvgIpc) is 2.08. The van der Waals surface area contributed by atoms with Crippen LogP contribution >= 0.6 is 0 Å². The van der Waals surface area contributed by atoms with Crippen LogP contribution in [0.25, 0.3) is 0 Å². The molecular formula is C9H9NO3. The Labute approximate surface area is 75.2 Å². The van der Waals surface area contributed by atoms with E-state index in [2.05, 4.69) is 5.32 Å². The molecule has 0 atom stereocenters. The Morgan fingerprint density at radius 3 is 2.23 bits per heavy atom. The van der Waals surface area contributed by atoms with Crippen molar-refractivity contribution in [3.8, 4) is 0 Å². The van der Waals surface area contributed by atoms with Crippen LogP contribution in [-0.4, -0.2) is 17.0 Å². The number of carboxylic acid groups (broad SMARTS) is 1. The highest BCUT2D eigenvalue weighted by Gasteiger charge is 2.10. The number of nitrogens with one attached hydrogen (secondary N) is 1. The fourth-order valence-corrected chi connectivity index (χ4v) is 0.821. The van der Waals surface area contributed by atoms with E-state index in [0.29, 0.717) is 5.69 Å². The van der Waals surface area contributed by atoms with Gasteiger partial charge in [-0.3, -0.25) is 4.79 Å². The molecule has 4 nitrogen and oxygen atoms in total. The molecule has 68 valence electrons. The number of hydrogen-bond donors (Lipinski definition) is 2. The van der Waals surface area contributed by atoms with Gasteiger partial charge in [0.2, 0.25) is 0 Å². The number of benzene rings is 1. The monoisotopic (exact) mass is 179 g/mol. The molecule has 1 amide bonds. The molecule has 4 heteroatoms. The van der Waals surface area contributed by atoms with Gasteiger partial charge in [-0.05, 0) is 19.1 Å². The molecule has 0 bridgehead atoms. The Hall–Kier alpha value is -1.84. The lowest BCUT2D eigenvalue weighted by Crippen LogP contribution is -2.21. The number of carbonyl (C=O) groups excluding carboxylic acids is 1. The SMILES string of the molecule is Cc1ccc(NC(=O)C(=O)O)cc1. The molecule has 0 radical (unpaired) electrons. The summed E-state index contributed by atoms with van der Waals surface area (Å²) in [6.45, 7) is 1.91. The van der Waals surface area contributed by atoms with Gasteiger partial charge in [0.05, 0.1) is 0 Å². The molecule has 13 heavy (non-hydrogen) atoms. The summed E-state index contributed by atoms with van der Waals surface area (Å²) >= 11 is 0. The predicted octanol–water partition coefficient (Wildman–Crippen LogP) is 1.02. The lowest BCUT2D eigenvalue weighted by Gasteiger charge is -2.01. The Morgan fingerprint density at radius 1 is 1.23 bits per heavy atom. The zero-order chi connectivity index (χ0) is 9.84. The Bertz CT molecular complexity index is 329. The van der Waals surface area contributed by atoms with Crippen molar-refractivity contribution < 1.29 is 14.7 Å². The van der Waals surface area contributed by atoms with Crippen LogP contribution in [-0.2, 0) is 9.59 Å². The standard InChI is InChI=1S/C9H9NO3/c1-6-2-4-7(5-3-6)10-8(11)9(12)13/h2-5H,1H3,(H,10,11)(H,12,13). The third-order valence-corrected chi connectivity index (χ3v) is 1.50. The number of rotatable bonds is 1. The molecule has 0 saturated heterocycles. The van der Waals surface area contributed by atoms with Gasteiger partial charge in [-0.1, -0.05) is 17.7 Å². The van der Waals surface area contributed by atoms with Gasteiger partial charge in [-0.15, -0.1) is 0 Å². The summed E-state index contributed by atoms with van der Waals surface area (Å²) < 4.78 is 0. The Kier molecular flexibility index (Phi) is 2.64. The van der Waals surface area contributed by atoms with Crippen LogP contribution in [0.4, 0.5) is 5.69 Å². The van der Waals surface area contributed by atoms with E-state index < -0.39 is 11.9 Å². The Morgan fingerprint density at radius 2 is 1.77 bits per heavy atom. The van der Waals surface area contributed by atoms with Crippen LogP contribution in [0.3, 0.4) is 0 Å². The molecule has 1 aromatic rings. The van der Waals surface area contributed by atoms with E-state index >= 15 is 0 Å². The lowest BCUT2D eigenvalue weighted by atomic mass is 10.2. The van der Waals surface area contributed by atoms with Crippen molar-refractivity contribution in [2.75, 3.05) is 5.32 Å². The quantitative estimate of drug-likeness (QED) is 0.632. The lowest BCUT2D eigenvalue weighted by molar-refractivity contribution is -0.147. The number of hydrogen-bond acceptors (Lipinski definition) is 2. The van der Waals surface area contributed by atoms with Crippen molar-refractivity contribution in [1.29, 1.82) is 0 Å². The van der Waals surface area contributed by atoms with Crippen molar-refractivity contribution in [3.05, 3.63) is 29.8 Å². The molecule has 0 saturated carbocycles. The van der Waals surface area contributed by atoms with Crippen LogP contribution in [0.5, 0.6) is 0 Å². The summed E-state index contributed by atoms with van der Waals surface area (Å²) in [7, 11) is 0. The normalized spacial score (nSPS) is 9.31. The van der Waals surface area contributed by atoms with Crippen molar-refractivity contribution in [2.45, 2.75) is 6.92 Å². The summed E-state index contributed by atoms with van der Waals surface area (Å²) in [5.74, 6) is -2.51. The van der Waals surface area contributed by atoms with Crippen molar-refractivity contribution in [3.63, 3.8) is 0 Å². The van der Waals surface area contributed by atoms with E-state index in [1.807, 2.05) is 6.92 Å². The zero-order valence-corrected chi connectivity index (χ0v) is 7.07. The Balaban J connectivity index is 2.70. The summed E-state index contributed by atoms with van der Waals surface area (Å²) in [4.78, 5) is 20.8. The largest absolute Gasteiger partial charge is 0.474 e. The zero-order valence-electron chi connectivity index (χ0n) is 7.07. The molecule has 0 aliphatic carbocycles. The maximum absolute atomic E-state index is 10.7. The van der Waals surface area contributed by atoms with E-state index in [1.54, 1.807) is 24.3 Å². The first-order chi connectivity index (χ1) is 6.09. The minimum Gasteiger partial charge on any atom is -0.474 e. The highest BCUT2D eigenvalue weighted by Crippen LogP contribution is 2.07. The second kappa shape index (κ2) is 3.71. The second-order valence-corrected chi connectivity index (χ2v) is 2.63. The van der Waals surface area contributed by atoms with E-state index in [-0.39, 0.29) is 0 Å². The number of amides is 1. The molecular weight excluding hydrogens is 170 g/mol. The van der Waals surface area contributed by atoms with Crippen LogP contribution in [0.2, 0.25) is 0 Å². The fourth-order valence-electron chi connectivity index (χ4n) is 0.821. The molecule has 0 aliphatic heterocycles. The molecule has 2 N–H and O–H groups in total. The van der Waals surface area contributed by atoms with Gasteiger partial charge in [-0.25, -0.2) is 4.79 Å². The number of aryl methyl sites for hydroxylation is 1. The van der Waals surface area contributed by atoms with E-state index in [4.69, 9.17) is 5.11 Å². The molecule has 0 aromatic heterocycles. The summed E-state index contributed by atoms with van der Waals surface area (Å²) in [6.07, 6.45) is 0. The third kappa shape index (κ3) is 2.59. The van der Waals surface area contributed by atoms with E-state index in [9.17, 15) is 9.59 Å². The molecule has 1 rings (SSSR count). The molecule has 0 spiro atoms. The maximum atomic E-state index is 10.7. The topological polar surface area (TPSA) is 66.4 Å². The van der Waals surface area contributed by atoms with Crippen molar-refractivity contribution in [1.82, 2.24) is 0 Å². The first-order valence-electron chi connectivity index (χ1n) is 3.70. The van der Waals surface area contributed by atoms with Crippen molar-refractivity contribution >= 4 is 17.6 Å². The van der Waals surface area contributed by atoms with Gasteiger partial charge in [0.1, 0.15) is 0 Å². The number of aliphatic carboxylic acids is 1. The first kappa shape index (κ1) is 9.25. The van der Waals surface area contributed by atoms with Gasteiger partial charge >= 0.3 is 11.9 Å². The van der Waals surface area contributed by atoms with Gasteiger partial charge in [-0.2, -0.15) is 0 Å². The van der Waals surface area contributed by atoms with Crippen LogP contribution in [0.1, 0.15) is 5.56 Å². The van der Waals surface area contributed by atoms with Crippen LogP contribution in [0, 0.1) is 6.92 Å². The summed E-state index contributed by atoms with van der Waals surface area (Å²) in [6, 6.07) is 6.88. The average molecular weight is 179 g/mol. The number of carboxylic acids is 1. The fraction of sp³-hybridized carbons (Fsp3) is 0.111. The summed E-state index contributed by atoms with van der Waals surface area (Å²) in [5.41, 5.74) is 1.53. The minimum absolute atomic E-state index is 0.484. The van der Waals surface area contributed by atoms with Gasteiger partial charge in [0.15, 0.2) is 0 Å². The van der Waals surface area contributed by atoms with Gasteiger partial charge < -0.3 is 10.4 Å². The number of carbonyl (C=O) groups is 2. The second-order valence-electron chi connectivity index (χ2n) is 2.63. The predicted molar refractivity (Wildman–Crippen MR) is 47.4 cm³/mol. The van der Waals surface area contributed by atoms with Gasteiger partial charge in [0.25, 0.3) is 0 Å². The van der Waals surface area contributed by atoms with Crippen molar-refractivity contribution in [2.24, 2.45) is 0 Å². The third-order valence-electron chi connectivity index (χ3n) is 1.50. The van der Waals surface area contributed by atoms with E-state index in [1.165, 1.54) is 0 Å². The van der Waals surface area contributed by atoms with Crippen LogP contribution < -0.4 is 5.32 Å². The smallest absolute Gasteiger partial charge is 0.394 e. The summed E-state index contributed by atoms with van der Waals surface area (Å²) in [5, 5.41) is 10.5. The molecule has 0 heterocycles. The van der Waals surface area contributed by atoms with Crippen LogP contribution in [0.15, 0.2) is 24.3 Å². The maximum Gasteiger partial charge on any atom is 0.394 e. The van der Waals surface area contributed by atoms with Gasteiger partial charge in [0, 0.05) is 5.69 Å². The molecule has 0 fully saturated rings. The molecule has 0 aliphatic rings. The highest BCUT2D eigenvalue weighted by molar-refractivity contribution is 6.36. The van der Waals surface area contributed by atoms with E-state index in [0.717, 1.165) is 5.56 Å². The highest BCUT2D eigenvalue weighted by atomic mass is 16.4. The molecule has 0 unspecified atom stereocenters. The number of anilines is 1. The molecule has 1 aromatic carbocycles. The first-order valence-corrected chi connectivity index (χ1v) is 3.70.